The predicted octanol–water partition coefficient (Wildman–Crippen LogP) is 2.47. The first kappa shape index (κ1) is 16.8. The van der Waals surface area contributed by atoms with Crippen LogP contribution in [0.3, 0.4) is 0 Å². The molecule has 0 bridgehead atoms. The van der Waals surface area contributed by atoms with Gasteiger partial charge in [0.05, 0.1) is 0 Å². The number of ether oxygens (including phenoxy) is 1. The number of amides is 1. The summed E-state index contributed by atoms with van der Waals surface area (Å²) < 4.78 is 31.8. The molecule has 2 aromatic rings. The second-order valence-electron chi connectivity index (χ2n) is 4.84. The Labute approximate surface area is 135 Å². The topological polar surface area (TPSA) is 84.5 Å². The fourth-order valence-electron chi connectivity index (χ4n) is 1.84. The van der Waals surface area contributed by atoms with Crippen molar-refractivity contribution >= 4 is 27.3 Å². The molecule has 0 atom stereocenters. The van der Waals surface area contributed by atoms with Crippen molar-refractivity contribution in [2.75, 3.05) is 22.4 Å². The van der Waals surface area contributed by atoms with Gasteiger partial charge in [-0.3, -0.25) is 9.52 Å². The number of hydrogen-bond donors (Lipinski definition) is 2. The van der Waals surface area contributed by atoms with Gasteiger partial charge in [0.1, 0.15) is 18.1 Å². The summed E-state index contributed by atoms with van der Waals surface area (Å²) in [6.45, 7) is 1.46. The van der Waals surface area contributed by atoms with Crippen LogP contribution in [-0.4, -0.2) is 26.7 Å². The van der Waals surface area contributed by atoms with Crippen LogP contribution in [0.25, 0.3) is 0 Å². The molecule has 0 radical (unpaired) electrons. The van der Waals surface area contributed by atoms with Gasteiger partial charge in [0.2, 0.25) is 15.9 Å². The number of sulfonamides is 1. The van der Waals surface area contributed by atoms with Crippen LogP contribution in [0.4, 0.5) is 11.4 Å². The summed E-state index contributed by atoms with van der Waals surface area (Å²) in [5.41, 5.74) is 1.03. The maximum absolute atomic E-state index is 12.0. The second kappa shape index (κ2) is 7.64. The number of carbonyl (C=O) groups excluding carboxylic acids is 1. The van der Waals surface area contributed by atoms with E-state index in [0.29, 0.717) is 17.1 Å². The minimum atomic E-state index is -3.50. The van der Waals surface area contributed by atoms with Crippen molar-refractivity contribution in [3.8, 4) is 5.75 Å². The van der Waals surface area contributed by atoms with Crippen LogP contribution in [0.5, 0.6) is 5.75 Å². The number of hydrogen-bond acceptors (Lipinski definition) is 4. The van der Waals surface area contributed by atoms with Crippen LogP contribution in [0.15, 0.2) is 54.6 Å². The maximum atomic E-state index is 12.0. The minimum Gasteiger partial charge on any atom is -0.492 e. The van der Waals surface area contributed by atoms with Crippen LogP contribution in [0.1, 0.15) is 6.92 Å². The van der Waals surface area contributed by atoms with Gasteiger partial charge >= 0.3 is 0 Å². The highest BCUT2D eigenvalue weighted by atomic mass is 32.2. The Balaban J connectivity index is 1.86. The molecule has 7 heteroatoms. The van der Waals surface area contributed by atoms with Gasteiger partial charge in [0.25, 0.3) is 0 Å². The Morgan fingerprint density at radius 1 is 1.00 bits per heavy atom. The first-order valence-corrected chi connectivity index (χ1v) is 8.66. The first-order valence-electron chi connectivity index (χ1n) is 7.01. The molecule has 23 heavy (non-hydrogen) atoms. The number of anilines is 2. The van der Waals surface area contributed by atoms with Gasteiger partial charge in [-0.15, -0.1) is 0 Å². The molecule has 0 heterocycles. The number of rotatable bonds is 7. The molecular weight excluding hydrogens is 316 g/mol. The molecular formula is C16H18N2O4S. The van der Waals surface area contributed by atoms with Gasteiger partial charge in [0.15, 0.2) is 0 Å². The summed E-state index contributed by atoms with van der Waals surface area (Å²) in [6.07, 6.45) is 0. The Morgan fingerprint density at radius 3 is 2.22 bits per heavy atom. The van der Waals surface area contributed by atoms with Crippen LogP contribution in [-0.2, 0) is 14.8 Å². The molecule has 0 unspecified atom stereocenters. The SMILES string of the molecule is CC(=O)Nc1ccc(NS(=O)(=O)CCOc2ccccc2)cc1. The molecule has 2 N–H and O–H groups in total. The number of carbonyl (C=O) groups is 1. The Bertz CT molecular complexity index is 743. The molecule has 0 saturated carbocycles. The van der Waals surface area contributed by atoms with Gasteiger partial charge < -0.3 is 10.1 Å². The third-order valence-corrected chi connectivity index (χ3v) is 4.09. The van der Waals surface area contributed by atoms with Crippen molar-refractivity contribution in [1.29, 1.82) is 0 Å². The zero-order valence-corrected chi connectivity index (χ0v) is 13.5. The fraction of sp³-hybridized carbons (Fsp3) is 0.188. The third-order valence-electron chi connectivity index (χ3n) is 2.84. The number of para-hydroxylation sites is 1. The lowest BCUT2D eigenvalue weighted by atomic mass is 10.3. The average molecular weight is 334 g/mol. The largest absolute Gasteiger partial charge is 0.492 e. The van der Waals surface area contributed by atoms with Gasteiger partial charge in [-0.2, -0.15) is 0 Å². The van der Waals surface area contributed by atoms with Crippen molar-refractivity contribution in [3.05, 3.63) is 54.6 Å². The minimum absolute atomic E-state index is 0.0589. The van der Waals surface area contributed by atoms with E-state index in [0.717, 1.165) is 0 Å². The van der Waals surface area contributed by atoms with Crippen molar-refractivity contribution in [2.45, 2.75) is 6.92 Å². The maximum Gasteiger partial charge on any atom is 0.236 e. The Kier molecular flexibility index (Phi) is 5.59. The van der Waals surface area contributed by atoms with Gasteiger partial charge in [-0.05, 0) is 36.4 Å². The second-order valence-corrected chi connectivity index (χ2v) is 6.68. The summed E-state index contributed by atoms with van der Waals surface area (Å²) in [4.78, 5) is 10.9. The number of benzene rings is 2. The van der Waals surface area contributed by atoms with Crippen LogP contribution < -0.4 is 14.8 Å². The standard InChI is InChI=1S/C16H18N2O4S/c1-13(19)17-14-7-9-15(10-8-14)18-23(20,21)12-11-22-16-5-3-2-4-6-16/h2-10,18H,11-12H2,1H3,(H,17,19). The van der Waals surface area contributed by atoms with E-state index in [4.69, 9.17) is 4.74 Å². The summed E-state index contributed by atoms with van der Waals surface area (Å²) in [5, 5.41) is 2.61. The number of nitrogens with one attached hydrogen (secondary N) is 2. The lowest BCUT2D eigenvalue weighted by Crippen LogP contribution is -2.21. The molecule has 0 spiro atoms. The summed E-state index contributed by atoms with van der Waals surface area (Å²) in [7, 11) is -3.50. The highest BCUT2D eigenvalue weighted by Gasteiger charge is 2.11. The molecule has 1 amide bonds. The van der Waals surface area contributed by atoms with Crippen LogP contribution >= 0.6 is 0 Å². The van der Waals surface area contributed by atoms with Gasteiger partial charge in [0, 0.05) is 18.3 Å². The summed E-state index contributed by atoms with van der Waals surface area (Å²) in [5.74, 6) is 0.286. The quantitative estimate of drug-likeness (QED) is 0.814. The van der Waals surface area contributed by atoms with Crippen LogP contribution in [0, 0.1) is 0 Å². The molecule has 122 valence electrons. The van der Waals surface area contributed by atoms with E-state index in [1.54, 1.807) is 36.4 Å². The predicted molar refractivity (Wildman–Crippen MR) is 90.1 cm³/mol. The molecule has 2 rings (SSSR count). The Hall–Kier alpha value is -2.54. The van der Waals surface area contributed by atoms with E-state index >= 15 is 0 Å². The van der Waals surface area contributed by atoms with E-state index in [1.165, 1.54) is 6.92 Å². The van der Waals surface area contributed by atoms with Crippen LogP contribution in [0.2, 0.25) is 0 Å². The normalized spacial score (nSPS) is 10.8. The highest BCUT2D eigenvalue weighted by molar-refractivity contribution is 7.92. The van der Waals surface area contributed by atoms with Gasteiger partial charge in [-0.1, -0.05) is 18.2 Å². The zero-order valence-electron chi connectivity index (χ0n) is 12.7. The third kappa shape index (κ3) is 5.99. The molecule has 0 saturated heterocycles. The first-order chi connectivity index (χ1) is 10.9. The molecule has 0 aliphatic carbocycles. The van der Waals surface area contributed by atoms with E-state index in [1.807, 2.05) is 18.2 Å². The van der Waals surface area contributed by atoms with E-state index < -0.39 is 10.0 Å². The van der Waals surface area contributed by atoms with E-state index in [9.17, 15) is 13.2 Å². The Morgan fingerprint density at radius 2 is 1.61 bits per heavy atom. The van der Waals surface area contributed by atoms with Crippen molar-refractivity contribution in [2.24, 2.45) is 0 Å². The smallest absolute Gasteiger partial charge is 0.236 e. The lowest BCUT2D eigenvalue weighted by Gasteiger charge is -2.10. The van der Waals surface area contributed by atoms with Gasteiger partial charge in [-0.25, -0.2) is 8.42 Å². The van der Waals surface area contributed by atoms with Crippen molar-refractivity contribution < 1.29 is 17.9 Å². The molecule has 0 aliphatic rings. The molecule has 0 fully saturated rings. The summed E-state index contributed by atoms with van der Waals surface area (Å²) >= 11 is 0. The molecule has 0 aromatic heterocycles. The average Bonchev–Trinajstić information content (AvgIpc) is 2.49. The highest BCUT2D eigenvalue weighted by Crippen LogP contribution is 2.15. The summed E-state index contributed by atoms with van der Waals surface area (Å²) in [6, 6.07) is 15.4. The zero-order chi connectivity index (χ0) is 16.7. The molecule has 0 aliphatic heterocycles. The van der Waals surface area contributed by atoms with Crippen molar-refractivity contribution in [1.82, 2.24) is 0 Å². The fourth-order valence-corrected chi connectivity index (χ4v) is 2.74. The molecule has 2 aromatic carbocycles. The van der Waals surface area contributed by atoms with Crippen molar-refractivity contribution in [3.63, 3.8) is 0 Å². The monoisotopic (exact) mass is 334 g/mol. The van der Waals surface area contributed by atoms with E-state index in [2.05, 4.69) is 10.0 Å². The lowest BCUT2D eigenvalue weighted by molar-refractivity contribution is -0.114. The molecule has 6 nitrogen and oxygen atoms in total. The van der Waals surface area contributed by atoms with E-state index in [-0.39, 0.29) is 18.3 Å².